The van der Waals surface area contributed by atoms with Crippen LogP contribution in [0.1, 0.15) is 15.9 Å². The monoisotopic (exact) mass is 515 g/mol. The number of carbonyl (C=O) groups is 1. The Labute approximate surface area is 214 Å². The fourth-order valence-electron chi connectivity index (χ4n) is 4.79. The van der Waals surface area contributed by atoms with Crippen LogP contribution in [0.25, 0.3) is 11.3 Å². The van der Waals surface area contributed by atoms with Gasteiger partial charge in [0.2, 0.25) is 0 Å². The van der Waals surface area contributed by atoms with Crippen molar-refractivity contribution in [1.29, 1.82) is 0 Å². The molecular weight excluding hydrogens is 488 g/mol. The highest BCUT2D eigenvalue weighted by Gasteiger charge is 2.25. The average molecular weight is 516 g/mol. The molecule has 1 amide bonds. The zero-order chi connectivity index (χ0) is 24.7. The number of aromatic nitrogens is 1. The van der Waals surface area contributed by atoms with E-state index in [1.165, 1.54) is 6.07 Å². The minimum atomic E-state index is -0.471. The van der Waals surface area contributed by atoms with Crippen LogP contribution < -0.4 is 10.2 Å². The van der Waals surface area contributed by atoms with Crippen LogP contribution in [-0.4, -0.2) is 66.6 Å². The Morgan fingerprint density at radius 1 is 1.00 bits per heavy atom. The van der Waals surface area contributed by atoms with Crippen molar-refractivity contribution in [3.05, 3.63) is 69.5 Å². The van der Waals surface area contributed by atoms with Gasteiger partial charge in [0.25, 0.3) is 5.91 Å². The lowest BCUT2D eigenvalue weighted by Gasteiger charge is -2.32. The Bertz CT molecular complexity index is 1250. The van der Waals surface area contributed by atoms with Crippen molar-refractivity contribution in [3.63, 3.8) is 0 Å². The largest absolute Gasteiger partial charge is 0.368 e. The molecule has 1 saturated heterocycles. The molecule has 35 heavy (non-hydrogen) atoms. The molecule has 5 rings (SSSR count). The lowest BCUT2D eigenvalue weighted by molar-refractivity contribution is 0.0664. The molecule has 3 aromatic rings. The predicted molar refractivity (Wildman–Crippen MR) is 140 cm³/mol. The second-order valence-electron chi connectivity index (χ2n) is 9.17. The molecule has 2 aliphatic heterocycles. The van der Waals surface area contributed by atoms with E-state index in [4.69, 9.17) is 23.2 Å². The molecule has 0 bridgehead atoms. The third-order valence-electron chi connectivity index (χ3n) is 6.93. The molecule has 0 atom stereocenters. The smallest absolute Gasteiger partial charge is 0.253 e. The second-order valence-corrected chi connectivity index (χ2v) is 9.95. The van der Waals surface area contributed by atoms with Gasteiger partial charge < -0.3 is 24.6 Å². The van der Waals surface area contributed by atoms with Crippen LogP contribution in [0, 0.1) is 5.82 Å². The van der Waals surface area contributed by atoms with Crippen LogP contribution in [0.15, 0.2) is 42.5 Å². The number of nitrogens with one attached hydrogen (secondary N) is 1. The van der Waals surface area contributed by atoms with Crippen LogP contribution in [0.3, 0.4) is 0 Å². The maximum atomic E-state index is 14.1. The summed E-state index contributed by atoms with van der Waals surface area (Å²) in [6.45, 7) is 5.19. The normalized spacial score (nSPS) is 16.3. The summed E-state index contributed by atoms with van der Waals surface area (Å²) in [6.07, 6.45) is 0. The number of halogens is 3. The maximum Gasteiger partial charge on any atom is 0.253 e. The van der Waals surface area contributed by atoms with E-state index in [0.29, 0.717) is 22.7 Å². The molecule has 184 valence electrons. The van der Waals surface area contributed by atoms with Gasteiger partial charge >= 0.3 is 0 Å². The number of rotatable bonds is 4. The quantitative estimate of drug-likeness (QED) is 0.498. The Balaban J connectivity index is 1.39. The molecule has 1 aromatic heterocycles. The predicted octanol–water partition coefficient (Wildman–Crippen LogP) is 4.96. The second kappa shape index (κ2) is 9.72. The number of fused-ring (bicyclic) bond motifs is 1. The number of carbonyl (C=O) groups excluding carboxylic acids is 1. The van der Waals surface area contributed by atoms with E-state index in [2.05, 4.69) is 32.8 Å². The highest BCUT2D eigenvalue weighted by atomic mass is 35.5. The molecule has 2 aliphatic rings. The lowest BCUT2D eigenvalue weighted by atomic mass is 10.1. The standard InChI is InChI=1S/C26H28Cl2FN5O/c1-31-11-13-33(14-12-31)26(35)18-5-3-17(4-6-18)22-15-23-25(32(22)2)30-9-10-34(23)16-19-20(27)7-8-21(29)24(19)28/h3-8,15,30H,9-14,16H2,1-2H3. The molecule has 0 saturated carbocycles. The molecule has 0 radical (unpaired) electrons. The highest BCUT2D eigenvalue weighted by molar-refractivity contribution is 6.36. The van der Waals surface area contributed by atoms with Gasteiger partial charge in [-0.2, -0.15) is 0 Å². The SMILES string of the molecule is CN1CCN(C(=O)c2ccc(-c3cc4c(n3C)NCCN4Cc3c(Cl)ccc(F)c3Cl)cc2)CC1. The zero-order valence-corrected chi connectivity index (χ0v) is 21.3. The summed E-state index contributed by atoms with van der Waals surface area (Å²) in [5.41, 5.74) is 4.32. The lowest BCUT2D eigenvalue weighted by Crippen LogP contribution is -2.47. The molecule has 0 aliphatic carbocycles. The van der Waals surface area contributed by atoms with Gasteiger partial charge in [0.05, 0.1) is 16.4 Å². The van der Waals surface area contributed by atoms with Crippen molar-refractivity contribution in [2.75, 3.05) is 56.5 Å². The maximum absolute atomic E-state index is 14.1. The Hall–Kier alpha value is -2.74. The van der Waals surface area contributed by atoms with Crippen molar-refractivity contribution in [2.45, 2.75) is 6.54 Å². The molecule has 1 N–H and O–H groups in total. The average Bonchev–Trinajstić information content (AvgIpc) is 3.21. The van der Waals surface area contributed by atoms with Crippen LogP contribution >= 0.6 is 23.2 Å². The third kappa shape index (κ3) is 4.60. The summed E-state index contributed by atoms with van der Waals surface area (Å²) in [5.74, 6) is 0.585. The van der Waals surface area contributed by atoms with E-state index < -0.39 is 5.82 Å². The molecular formula is C26H28Cl2FN5O. The van der Waals surface area contributed by atoms with E-state index in [1.807, 2.05) is 36.2 Å². The first-order valence-electron chi connectivity index (χ1n) is 11.7. The molecule has 0 unspecified atom stereocenters. The summed E-state index contributed by atoms with van der Waals surface area (Å²) in [4.78, 5) is 19.2. The van der Waals surface area contributed by atoms with Gasteiger partial charge in [-0.3, -0.25) is 4.79 Å². The fourth-order valence-corrected chi connectivity index (χ4v) is 5.28. The first-order chi connectivity index (χ1) is 16.8. The van der Waals surface area contributed by atoms with Crippen molar-refractivity contribution >= 4 is 40.6 Å². The summed E-state index contributed by atoms with van der Waals surface area (Å²) in [7, 11) is 4.09. The van der Waals surface area contributed by atoms with Crippen LogP contribution in [0.4, 0.5) is 15.9 Å². The van der Waals surface area contributed by atoms with Crippen molar-refractivity contribution in [1.82, 2.24) is 14.4 Å². The number of nitrogens with zero attached hydrogens (tertiary/aromatic N) is 4. The third-order valence-corrected chi connectivity index (χ3v) is 7.70. The number of benzene rings is 2. The van der Waals surface area contributed by atoms with E-state index in [-0.39, 0.29) is 10.9 Å². The van der Waals surface area contributed by atoms with Gasteiger partial charge in [0.15, 0.2) is 0 Å². The molecule has 9 heteroatoms. The van der Waals surface area contributed by atoms with Crippen molar-refractivity contribution in [3.8, 4) is 11.3 Å². The van der Waals surface area contributed by atoms with Crippen LogP contribution in [0.2, 0.25) is 10.0 Å². The van der Waals surface area contributed by atoms with E-state index >= 15 is 0 Å². The van der Waals surface area contributed by atoms with Gasteiger partial charge in [-0.1, -0.05) is 35.3 Å². The number of hydrogen-bond acceptors (Lipinski definition) is 4. The summed E-state index contributed by atoms with van der Waals surface area (Å²) in [5, 5.41) is 3.99. The summed E-state index contributed by atoms with van der Waals surface area (Å²) >= 11 is 12.6. The van der Waals surface area contributed by atoms with Crippen molar-refractivity contribution in [2.24, 2.45) is 7.05 Å². The number of piperazine rings is 1. The van der Waals surface area contributed by atoms with E-state index in [9.17, 15) is 9.18 Å². The first-order valence-corrected chi connectivity index (χ1v) is 12.5. The first kappa shape index (κ1) is 24.0. The summed E-state index contributed by atoms with van der Waals surface area (Å²) in [6, 6.07) is 12.7. The number of likely N-dealkylation sites (N-methyl/N-ethyl adjacent to an activating group) is 1. The van der Waals surface area contributed by atoms with Gasteiger partial charge in [0.1, 0.15) is 11.6 Å². The molecule has 2 aromatic carbocycles. The van der Waals surface area contributed by atoms with E-state index in [1.54, 1.807) is 6.07 Å². The van der Waals surface area contributed by atoms with Gasteiger partial charge in [-0.25, -0.2) is 4.39 Å². The molecule has 0 spiro atoms. The molecule has 3 heterocycles. The molecule has 6 nitrogen and oxygen atoms in total. The number of hydrogen-bond donors (Lipinski definition) is 1. The minimum absolute atomic E-state index is 0.0642. The van der Waals surface area contributed by atoms with Gasteiger partial charge in [-0.15, -0.1) is 0 Å². The number of amides is 1. The number of anilines is 2. The summed E-state index contributed by atoms with van der Waals surface area (Å²) < 4.78 is 16.2. The van der Waals surface area contributed by atoms with Crippen LogP contribution in [0.5, 0.6) is 0 Å². The minimum Gasteiger partial charge on any atom is -0.368 e. The highest BCUT2D eigenvalue weighted by Crippen LogP contribution is 2.39. The Kier molecular flexibility index (Phi) is 6.66. The Morgan fingerprint density at radius 2 is 1.71 bits per heavy atom. The van der Waals surface area contributed by atoms with Gasteiger partial charge in [0, 0.05) is 69.0 Å². The fraction of sp³-hybridized carbons (Fsp3) is 0.346. The topological polar surface area (TPSA) is 43.8 Å². The van der Waals surface area contributed by atoms with E-state index in [0.717, 1.165) is 62.0 Å². The van der Waals surface area contributed by atoms with Crippen molar-refractivity contribution < 1.29 is 9.18 Å². The van der Waals surface area contributed by atoms with Crippen LogP contribution in [-0.2, 0) is 13.6 Å². The zero-order valence-electron chi connectivity index (χ0n) is 19.8. The van der Waals surface area contributed by atoms with Gasteiger partial charge in [-0.05, 0) is 42.9 Å². The molecule has 1 fully saturated rings. The Morgan fingerprint density at radius 3 is 2.43 bits per heavy atom.